The lowest BCUT2D eigenvalue weighted by Crippen LogP contribution is -2.31. The first kappa shape index (κ1) is 18.5. The fourth-order valence-electron chi connectivity index (χ4n) is 4.78. The quantitative estimate of drug-likeness (QED) is 0.457. The fourth-order valence-corrected chi connectivity index (χ4v) is 4.78. The van der Waals surface area contributed by atoms with Crippen LogP contribution in [0.2, 0.25) is 0 Å². The molecule has 4 heteroatoms. The number of hydrogen-bond acceptors (Lipinski definition) is 2. The topological polar surface area (TPSA) is 37.4 Å². The summed E-state index contributed by atoms with van der Waals surface area (Å²) in [7, 11) is 0. The Morgan fingerprint density at radius 1 is 0.600 bits per heavy atom. The number of carbonyl (C=O) groups excluding carboxylic acids is 2. The van der Waals surface area contributed by atoms with Crippen LogP contribution in [0.25, 0.3) is 0 Å². The molecular formula is C26H20FNO2. The van der Waals surface area contributed by atoms with E-state index in [0.717, 1.165) is 11.1 Å². The van der Waals surface area contributed by atoms with Crippen molar-refractivity contribution in [3.8, 4) is 0 Å². The molecule has 5 rings (SSSR count). The molecule has 4 atom stereocenters. The van der Waals surface area contributed by atoms with E-state index in [2.05, 4.69) is 12.2 Å². The van der Waals surface area contributed by atoms with E-state index in [0.29, 0.717) is 5.69 Å². The van der Waals surface area contributed by atoms with Gasteiger partial charge in [-0.1, -0.05) is 72.8 Å². The van der Waals surface area contributed by atoms with Gasteiger partial charge in [0.15, 0.2) is 0 Å². The average molecular weight is 397 g/mol. The van der Waals surface area contributed by atoms with Gasteiger partial charge in [0.25, 0.3) is 0 Å². The minimum atomic E-state index is -0.500. The predicted octanol–water partition coefficient (Wildman–Crippen LogP) is 5.07. The van der Waals surface area contributed by atoms with Gasteiger partial charge in [0.2, 0.25) is 11.8 Å². The summed E-state index contributed by atoms with van der Waals surface area (Å²) >= 11 is 0. The van der Waals surface area contributed by atoms with E-state index in [1.807, 2.05) is 60.7 Å². The minimum Gasteiger partial charge on any atom is -0.274 e. The number of fused-ring (bicyclic) bond motifs is 1. The van der Waals surface area contributed by atoms with Crippen molar-refractivity contribution in [1.82, 2.24) is 0 Å². The van der Waals surface area contributed by atoms with Gasteiger partial charge in [-0.2, -0.15) is 0 Å². The summed E-state index contributed by atoms with van der Waals surface area (Å²) in [6.07, 6.45) is 4.13. The van der Waals surface area contributed by atoms with Gasteiger partial charge < -0.3 is 0 Å². The molecule has 30 heavy (non-hydrogen) atoms. The first-order chi connectivity index (χ1) is 14.6. The molecular weight excluding hydrogens is 377 g/mol. The van der Waals surface area contributed by atoms with Gasteiger partial charge in [-0.05, 0) is 35.4 Å². The van der Waals surface area contributed by atoms with Gasteiger partial charge in [0.05, 0.1) is 17.5 Å². The summed E-state index contributed by atoms with van der Waals surface area (Å²) in [4.78, 5) is 28.4. The van der Waals surface area contributed by atoms with E-state index in [1.54, 1.807) is 0 Å². The number of amides is 2. The normalized spacial score (nSPS) is 25.4. The second kappa shape index (κ2) is 7.38. The number of hydrogen-bond donors (Lipinski definition) is 0. The summed E-state index contributed by atoms with van der Waals surface area (Å²) in [6.45, 7) is 0. The smallest absolute Gasteiger partial charge is 0.238 e. The molecule has 2 amide bonds. The lowest BCUT2D eigenvalue weighted by atomic mass is 9.68. The van der Waals surface area contributed by atoms with Crippen LogP contribution < -0.4 is 4.90 Å². The standard InChI is InChI=1S/C26H20FNO2/c27-19-11-13-20(14-12-19)28-25(29)23-21(17-7-3-1-4-8-17)15-16-22(24(23)26(28)30)18-9-5-2-6-10-18/h1-16,21-24H/t21-,22-,23-,24-/m1/s1. The van der Waals surface area contributed by atoms with Gasteiger partial charge >= 0.3 is 0 Å². The largest absolute Gasteiger partial charge is 0.274 e. The van der Waals surface area contributed by atoms with E-state index in [9.17, 15) is 14.0 Å². The van der Waals surface area contributed by atoms with Crippen LogP contribution >= 0.6 is 0 Å². The van der Waals surface area contributed by atoms with Crippen molar-refractivity contribution in [3.05, 3.63) is 114 Å². The van der Waals surface area contributed by atoms with E-state index in [4.69, 9.17) is 0 Å². The Kier molecular flexibility index (Phi) is 4.55. The highest BCUT2D eigenvalue weighted by Crippen LogP contribution is 2.50. The second-order valence-corrected chi connectivity index (χ2v) is 7.80. The second-order valence-electron chi connectivity index (χ2n) is 7.80. The number of nitrogens with zero attached hydrogens (tertiary/aromatic N) is 1. The Balaban J connectivity index is 1.63. The van der Waals surface area contributed by atoms with Crippen molar-refractivity contribution in [2.45, 2.75) is 11.8 Å². The first-order valence-corrected chi connectivity index (χ1v) is 10.1. The Labute approximate surface area is 174 Å². The zero-order valence-corrected chi connectivity index (χ0v) is 16.2. The Morgan fingerprint density at radius 2 is 1.03 bits per heavy atom. The maximum Gasteiger partial charge on any atom is 0.238 e. The van der Waals surface area contributed by atoms with Crippen LogP contribution in [0.4, 0.5) is 10.1 Å². The third-order valence-corrected chi connectivity index (χ3v) is 6.15. The minimum absolute atomic E-state index is 0.182. The number of anilines is 1. The molecule has 3 aromatic rings. The van der Waals surface area contributed by atoms with Crippen molar-refractivity contribution in [2.24, 2.45) is 11.8 Å². The van der Waals surface area contributed by atoms with Gasteiger partial charge in [-0.25, -0.2) is 9.29 Å². The zero-order chi connectivity index (χ0) is 20.7. The van der Waals surface area contributed by atoms with Crippen LogP contribution in [0.1, 0.15) is 23.0 Å². The molecule has 1 aliphatic carbocycles. The fraction of sp³-hybridized carbons (Fsp3) is 0.154. The van der Waals surface area contributed by atoms with E-state index in [1.165, 1.54) is 29.2 Å². The molecule has 148 valence electrons. The van der Waals surface area contributed by atoms with E-state index < -0.39 is 17.7 Å². The van der Waals surface area contributed by atoms with Crippen LogP contribution in [0.5, 0.6) is 0 Å². The first-order valence-electron chi connectivity index (χ1n) is 10.1. The number of halogens is 1. The molecule has 0 unspecified atom stereocenters. The molecule has 0 spiro atoms. The monoisotopic (exact) mass is 397 g/mol. The highest BCUT2D eigenvalue weighted by molar-refractivity contribution is 6.22. The molecule has 1 fully saturated rings. The van der Waals surface area contributed by atoms with Crippen molar-refractivity contribution < 1.29 is 14.0 Å². The molecule has 2 aliphatic rings. The summed E-state index contributed by atoms with van der Waals surface area (Å²) in [5, 5.41) is 0. The van der Waals surface area contributed by atoms with Crippen molar-refractivity contribution >= 4 is 17.5 Å². The van der Waals surface area contributed by atoms with Gasteiger partial charge in [-0.3, -0.25) is 9.59 Å². The summed E-state index contributed by atoms with van der Waals surface area (Å²) in [5.74, 6) is -2.22. The predicted molar refractivity (Wildman–Crippen MR) is 113 cm³/mol. The van der Waals surface area contributed by atoms with Crippen LogP contribution in [-0.4, -0.2) is 11.8 Å². The highest BCUT2D eigenvalue weighted by Gasteiger charge is 2.55. The average Bonchev–Trinajstić information content (AvgIpc) is 3.06. The van der Waals surface area contributed by atoms with Crippen LogP contribution in [-0.2, 0) is 9.59 Å². The molecule has 0 radical (unpaired) electrons. The van der Waals surface area contributed by atoms with E-state index in [-0.39, 0.29) is 23.7 Å². The number of allylic oxidation sites excluding steroid dienone is 2. The summed E-state index contributed by atoms with van der Waals surface area (Å²) in [5.41, 5.74) is 2.44. The van der Waals surface area contributed by atoms with Crippen LogP contribution in [0.3, 0.4) is 0 Å². The third kappa shape index (κ3) is 2.96. The molecule has 1 saturated heterocycles. The van der Waals surface area contributed by atoms with Gasteiger partial charge in [0.1, 0.15) is 5.82 Å². The van der Waals surface area contributed by atoms with Gasteiger partial charge in [-0.15, -0.1) is 0 Å². The van der Waals surface area contributed by atoms with Crippen molar-refractivity contribution in [3.63, 3.8) is 0 Å². The summed E-state index contributed by atoms with van der Waals surface area (Å²) in [6, 6.07) is 25.2. The Bertz CT molecular complexity index is 1040. The number of carbonyl (C=O) groups is 2. The number of benzene rings is 3. The number of imide groups is 1. The number of rotatable bonds is 3. The van der Waals surface area contributed by atoms with Gasteiger partial charge in [0, 0.05) is 11.8 Å². The zero-order valence-electron chi connectivity index (χ0n) is 16.2. The molecule has 1 heterocycles. The van der Waals surface area contributed by atoms with Crippen LogP contribution in [0.15, 0.2) is 97.1 Å². The maximum atomic E-state index is 13.6. The van der Waals surface area contributed by atoms with Crippen molar-refractivity contribution in [1.29, 1.82) is 0 Å². The van der Waals surface area contributed by atoms with Crippen molar-refractivity contribution in [2.75, 3.05) is 4.90 Å². The summed E-state index contributed by atoms with van der Waals surface area (Å²) < 4.78 is 13.4. The lowest BCUT2D eigenvalue weighted by Gasteiger charge is -2.32. The highest BCUT2D eigenvalue weighted by atomic mass is 19.1. The SMILES string of the molecule is O=C1[C@H]2[C@H](C(=O)N1c1ccc(F)cc1)[C@@H](c1ccccc1)C=C[C@@H]2c1ccccc1. The van der Waals surface area contributed by atoms with E-state index >= 15 is 0 Å². The molecule has 1 aliphatic heterocycles. The molecule has 0 N–H and O–H groups in total. The molecule has 0 saturated carbocycles. The third-order valence-electron chi connectivity index (χ3n) is 6.15. The molecule has 3 nitrogen and oxygen atoms in total. The lowest BCUT2D eigenvalue weighted by molar-refractivity contribution is -0.122. The maximum absolute atomic E-state index is 13.6. The van der Waals surface area contributed by atoms with Crippen LogP contribution in [0, 0.1) is 17.7 Å². The Hall–Kier alpha value is -3.53. The molecule has 0 bridgehead atoms. The molecule has 0 aromatic heterocycles. The Morgan fingerprint density at radius 3 is 1.47 bits per heavy atom. The molecule has 3 aromatic carbocycles.